The van der Waals surface area contributed by atoms with Gasteiger partial charge in [0.2, 0.25) is 5.82 Å². The maximum atomic E-state index is 13.4. The second-order valence-corrected chi connectivity index (χ2v) is 4.68. The van der Waals surface area contributed by atoms with Gasteiger partial charge in [-0.05, 0) is 30.3 Å². The summed E-state index contributed by atoms with van der Waals surface area (Å²) in [6.45, 7) is 0.0188. The topological polar surface area (TPSA) is 48.2 Å². The maximum absolute atomic E-state index is 13.4. The molecule has 0 amide bonds. The molecule has 21 heavy (non-hydrogen) atoms. The SMILES string of the molecule is Fc1ccccc1OCc1noc(-c2cccc(Cl)c2)n1. The first kappa shape index (κ1) is 13.6. The lowest BCUT2D eigenvalue weighted by Crippen LogP contribution is -1.99. The van der Waals surface area contributed by atoms with Crippen molar-refractivity contribution in [1.29, 1.82) is 0 Å². The molecule has 0 unspecified atom stereocenters. The normalized spacial score (nSPS) is 10.6. The summed E-state index contributed by atoms with van der Waals surface area (Å²) in [5.41, 5.74) is 0.715. The monoisotopic (exact) mass is 304 g/mol. The summed E-state index contributed by atoms with van der Waals surface area (Å²) in [6, 6.07) is 13.2. The smallest absolute Gasteiger partial charge is 0.258 e. The fourth-order valence-electron chi connectivity index (χ4n) is 1.76. The summed E-state index contributed by atoms with van der Waals surface area (Å²) in [6.07, 6.45) is 0. The molecule has 0 radical (unpaired) electrons. The molecule has 0 atom stereocenters. The molecule has 4 nitrogen and oxygen atoms in total. The van der Waals surface area contributed by atoms with Crippen LogP contribution in [0, 0.1) is 5.82 Å². The summed E-state index contributed by atoms with van der Waals surface area (Å²) in [7, 11) is 0. The quantitative estimate of drug-likeness (QED) is 0.728. The van der Waals surface area contributed by atoms with E-state index in [-0.39, 0.29) is 12.4 Å². The standard InChI is InChI=1S/C15H10ClFN2O2/c16-11-5-3-4-10(8-11)15-18-14(19-21-15)9-20-13-7-2-1-6-12(13)17/h1-8H,9H2. The van der Waals surface area contributed by atoms with Crippen molar-refractivity contribution >= 4 is 11.6 Å². The van der Waals surface area contributed by atoms with Crippen LogP contribution in [0.4, 0.5) is 4.39 Å². The Balaban J connectivity index is 1.72. The minimum Gasteiger partial charge on any atom is -0.482 e. The molecule has 0 fully saturated rings. The Morgan fingerprint density at radius 3 is 2.81 bits per heavy atom. The van der Waals surface area contributed by atoms with Crippen LogP contribution in [0.2, 0.25) is 5.02 Å². The Bertz CT molecular complexity index is 761. The lowest BCUT2D eigenvalue weighted by molar-refractivity contribution is 0.274. The average Bonchev–Trinajstić information content (AvgIpc) is 2.95. The van der Waals surface area contributed by atoms with E-state index in [4.69, 9.17) is 20.9 Å². The number of benzene rings is 2. The van der Waals surface area contributed by atoms with Crippen LogP contribution in [-0.4, -0.2) is 10.1 Å². The van der Waals surface area contributed by atoms with Gasteiger partial charge in [-0.15, -0.1) is 0 Å². The molecule has 3 aromatic rings. The molecule has 0 bridgehead atoms. The summed E-state index contributed by atoms with van der Waals surface area (Å²) in [4.78, 5) is 4.18. The Labute approximate surface area is 125 Å². The molecule has 0 N–H and O–H groups in total. The summed E-state index contributed by atoms with van der Waals surface area (Å²) >= 11 is 5.90. The number of aromatic nitrogens is 2. The first-order valence-corrected chi connectivity index (χ1v) is 6.56. The summed E-state index contributed by atoms with van der Waals surface area (Å²) in [5.74, 6) is 0.375. The van der Waals surface area contributed by atoms with E-state index in [1.54, 1.807) is 36.4 Å². The first-order chi connectivity index (χ1) is 10.2. The highest BCUT2D eigenvalue weighted by Gasteiger charge is 2.10. The van der Waals surface area contributed by atoms with Gasteiger partial charge in [0.1, 0.15) is 0 Å². The predicted molar refractivity (Wildman–Crippen MR) is 75.5 cm³/mol. The van der Waals surface area contributed by atoms with E-state index in [0.717, 1.165) is 0 Å². The number of para-hydroxylation sites is 1. The van der Waals surface area contributed by atoms with E-state index < -0.39 is 5.82 Å². The zero-order valence-corrected chi connectivity index (χ0v) is 11.5. The molecule has 0 saturated carbocycles. The number of hydrogen-bond acceptors (Lipinski definition) is 4. The van der Waals surface area contributed by atoms with Crippen molar-refractivity contribution in [3.63, 3.8) is 0 Å². The van der Waals surface area contributed by atoms with E-state index in [1.165, 1.54) is 12.1 Å². The minimum absolute atomic E-state index is 0.0188. The van der Waals surface area contributed by atoms with E-state index in [0.29, 0.717) is 22.3 Å². The molecular formula is C15H10ClFN2O2. The fraction of sp³-hybridized carbons (Fsp3) is 0.0667. The Kier molecular flexibility index (Phi) is 3.83. The molecule has 0 aliphatic carbocycles. The second-order valence-electron chi connectivity index (χ2n) is 4.25. The van der Waals surface area contributed by atoms with Crippen molar-refractivity contribution < 1.29 is 13.7 Å². The first-order valence-electron chi connectivity index (χ1n) is 6.18. The van der Waals surface area contributed by atoms with Gasteiger partial charge in [-0.2, -0.15) is 4.98 Å². The van der Waals surface area contributed by atoms with Gasteiger partial charge in [-0.25, -0.2) is 4.39 Å². The Morgan fingerprint density at radius 2 is 2.00 bits per heavy atom. The molecule has 106 valence electrons. The van der Waals surface area contributed by atoms with Crippen LogP contribution in [0.1, 0.15) is 5.82 Å². The number of rotatable bonds is 4. The van der Waals surface area contributed by atoms with Crippen LogP contribution in [0.25, 0.3) is 11.5 Å². The molecule has 6 heteroatoms. The average molecular weight is 305 g/mol. The second kappa shape index (κ2) is 5.93. The van der Waals surface area contributed by atoms with Gasteiger partial charge in [0.25, 0.3) is 5.89 Å². The Hall–Kier alpha value is -2.40. The highest BCUT2D eigenvalue weighted by atomic mass is 35.5. The lowest BCUT2D eigenvalue weighted by atomic mass is 10.2. The zero-order chi connectivity index (χ0) is 14.7. The van der Waals surface area contributed by atoms with E-state index in [9.17, 15) is 4.39 Å². The highest BCUT2D eigenvalue weighted by molar-refractivity contribution is 6.30. The molecule has 0 spiro atoms. The van der Waals surface area contributed by atoms with Gasteiger partial charge in [0.05, 0.1) is 0 Å². The van der Waals surface area contributed by atoms with Gasteiger partial charge in [0, 0.05) is 10.6 Å². The number of halogens is 2. The molecule has 0 aliphatic heterocycles. The molecule has 1 aromatic heterocycles. The molecular weight excluding hydrogens is 295 g/mol. The fourth-order valence-corrected chi connectivity index (χ4v) is 1.95. The predicted octanol–water partition coefficient (Wildman–Crippen LogP) is 4.11. The molecule has 3 rings (SSSR count). The Morgan fingerprint density at radius 1 is 1.14 bits per heavy atom. The summed E-state index contributed by atoms with van der Waals surface area (Å²) in [5, 5.41) is 4.37. The van der Waals surface area contributed by atoms with Gasteiger partial charge in [-0.3, -0.25) is 0 Å². The van der Waals surface area contributed by atoms with Gasteiger partial charge in [0.15, 0.2) is 18.2 Å². The third kappa shape index (κ3) is 3.20. The van der Waals surface area contributed by atoms with Crippen molar-refractivity contribution in [3.05, 3.63) is 65.2 Å². The van der Waals surface area contributed by atoms with Crippen molar-refractivity contribution in [2.24, 2.45) is 0 Å². The molecule has 1 heterocycles. The van der Waals surface area contributed by atoms with Crippen molar-refractivity contribution in [3.8, 4) is 17.2 Å². The molecule has 0 aliphatic rings. The van der Waals surface area contributed by atoms with Gasteiger partial charge < -0.3 is 9.26 Å². The van der Waals surface area contributed by atoms with Crippen LogP contribution < -0.4 is 4.74 Å². The number of nitrogens with zero attached hydrogens (tertiary/aromatic N) is 2. The number of hydrogen-bond donors (Lipinski definition) is 0. The minimum atomic E-state index is -0.434. The van der Waals surface area contributed by atoms with Crippen molar-refractivity contribution in [2.45, 2.75) is 6.61 Å². The van der Waals surface area contributed by atoms with E-state index >= 15 is 0 Å². The lowest BCUT2D eigenvalue weighted by Gasteiger charge is -2.03. The van der Waals surface area contributed by atoms with E-state index in [1.807, 2.05) is 0 Å². The van der Waals surface area contributed by atoms with Crippen molar-refractivity contribution in [1.82, 2.24) is 10.1 Å². The third-order valence-electron chi connectivity index (χ3n) is 2.73. The van der Waals surface area contributed by atoms with E-state index in [2.05, 4.69) is 10.1 Å². The zero-order valence-electron chi connectivity index (χ0n) is 10.8. The number of ether oxygens (including phenoxy) is 1. The van der Waals surface area contributed by atoms with Gasteiger partial charge in [-0.1, -0.05) is 35.0 Å². The van der Waals surface area contributed by atoms with Crippen LogP contribution in [0.3, 0.4) is 0 Å². The van der Waals surface area contributed by atoms with Crippen LogP contribution in [-0.2, 0) is 6.61 Å². The van der Waals surface area contributed by atoms with Gasteiger partial charge >= 0.3 is 0 Å². The molecule has 2 aromatic carbocycles. The van der Waals surface area contributed by atoms with Crippen molar-refractivity contribution in [2.75, 3.05) is 0 Å². The van der Waals surface area contributed by atoms with Crippen LogP contribution in [0.5, 0.6) is 5.75 Å². The largest absolute Gasteiger partial charge is 0.482 e. The molecule has 0 saturated heterocycles. The van der Waals surface area contributed by atoms with Crippen LogP contribution >= 0.6 is 11.6 Å². The van der Waals surface area contributed by atoms with Crippen LogP contribution in [0.15, 0.2) is 53.1 Å². The maximum Gasteiger partial charge on any atom is 0.258 e. The highest BCUT2D eigenvalue weighted by Crippen LogP contribution is 2.21. The third-order valence-corrected chi connectivity index (χ3v) is 2.97. The summed E-state index contributed by atoms with van der Waals surface area (Å²) < 4.78 is 23.8.